The molecule has 0 aromatic heterocycles. The average Bonchev–Trinajstić information content (AvgIpc) is 3.04. The van der Waals surface area contributed by atoms with Gasteiger partial charge in [0.1, 0.15) is 17.2 Å². The van der Waals surface area contributed by atoms with Crippen LogP contribution in [0.15, 0.2) is 54.2 Å². The molecule has 2 aliphatic rings. The van der Waals surface area contributed by atoms with Crippen LogP contribution < -0.4 is 9.47 Å². The zero-order valence-electron chi connectivity index (χ0n) is 17.4. The third-order valence-corrected chi connectivity index (χ3v) is 5.69. The first kappa shape index (κ1) is 20.0. The van der Waals surface area contributed by atoms with Crippen LogP contribution in [0.2, 0.25) is 0 Å². The van der Waals surface area contributed by atoms with Crippen LogP contribution in [0.25, 0.3) is 5.57 Å². The zero-order valence-corrected chi connectivity index (χ0v) is 17.4. The van der Waals surface area contributed by atoms with Crippen molar-refractivity contribution in [2.45, 2.75) is 25.8 Å². The molecule has 4 rings (SSSR count). The maximum absolute atomic E-state index is 13.5. The van der Waals surface area contributed by atoms with E-state index in [1.54, 1.807) is 14.2 Å². The van der Waals surface area contributed by atoms with Gasteiger partial charge in [-0.2, -0.15) is 0 Å². The van der Waals surface area contributed by atoms with Crippen LogP contribution in [-0.2, 0) is 16.1 Å². The number of hydrogen-bond donors (Lipinski definition) is 0. The Kier molecular flexibility index (Phi) is 5.74. The van der Waals surface area contributed by atoms with Crippen molar-refractivity contribution >= 4 is 17.4 Å². The highest BCUT2D eigenvalue weighted by atomic mass is 16.5. The van der Waals surface area contributed by atoms with Crippen molar-refractivity contribution < 1.29 is 19.1 Å². The number of piperidine rings is 1. The number of ether oxygens (including phenoxy) is 2. The van der Waals surface area contributed by atoms with Crippen LogP contribution in [0, 0.1) is 0 Å². The van der Waals surface area contributed by atoms with Crippen LogP contribution in [-0.4, -0.2) is 48.9 Å². The van der Waals surface area contributed by atoms with E-state index in [2.05, 4.69) is 4.90 Å². The number of hydrogen-bond acceptors (Lipinski definition) is 5. The second-order valence-electron chi connectivity index (χ2n) is 7.52. The summed E-state index contributed by atoms with van der Waals surface area (Å²) in [5.41, 5.74) is 2.47. The molecule has 2 aromatic rings. The number of imide groups is 1. The highest BCUT2D eigenvalue weighted by Crippen LogP contribution is 2.37. The SMILES string of the molecule is COc1ccc(CN2C(=O)C(c3ccccc3OC)=C(N3CCCCC3)C2=O)cc1. The summed E-state index contributed by atoms with van der Waals surface area (Å²) < 4.78 is 10.7. The minimum absolute atomic E-state index is 0.220. The van der Waals surface area contributed by atoms with Gasteiger partial charge in [0.2, 0.25) is 0 Å². The van der Waals surface area contributed by atoms with Gasteiger partial charge < -0.3 is 14.4 Å². The summed E-state index contributed by atoms with van der Waals surface area (Å²) in [6.45, 7) is 1.78. The fourth-order valence-corrected chi connectivity index (χ4v) is 4.13. The van der Waals surface area contributed by atoms with Crippen LogP contribution in [0.1, 0.15) is 30.4 Å². The molecule has 156 valence electrons. The molecule has 2 heterocycles. The van der Waals surface area contributed by atoms with Crippen molar-refractivity contribution in [3.8, 4) is 11.5 Å². The Balaban J connectivity index is 1.73. The molecule has 0 radical (unpaired) electrons. The first-order valence-electron chi connectivity index (χ1n) is 10.3. The number of nitrogens with zero attached hydrogens (tertiary/aromatic N) is 2. The van der Waals surface area contributed by atoms with Crippen LogP contribution >= 0.6 is 0 Å². The lowest BCUT2D eigenvalue weighted by atomic mass is 10.0. The molecule has 0 atom stereocenters. The van der Waals surface area contributed by atoms with Gasteiger partial charge in [-0.3, -0.25) is 14.5 Å². The molecule has 2 amide bonds. The third-order valence-electron chi connectivity index (χ3n) is 5.69. The topological polar surface area (TPSA) is 59.1 Å². The van der Waals surface area contributed by atoms with E-state index in [-0.39, 0.29) is 18.4 Å². The molecule has 2 aromatic carbocycles. The molecule has 0 spiro atoms. The lowest BCUT2D eigenvalue weighted by Crippen LogP contribution is -2.36. The van der Waals surface area contributed by atoms with Crippen molar-refractivity contribution in [3.05, 3.63) is 65.4 Å². The monoisotopic (exact) mass is 406 g/mol. The fourth-order valence-electron chi connectivity index (χ4n) is 4.13. The van der Waals surface area contributed by atoms with E-state index in [9.17, 15) is 9.59 Å². The number of likely N-dealkylation sites (tertiary alicyclic amines) is 1. The second-order valence-corrected chi connectivity index (χ2v) is 7.52. The molecule has 0 aliphatic carbocycles. The van der Waals surface area contributed by atoms with Gasteiger partial charge in [-0.1, -0.05) is 30.3 Å². The Hall–Kier alpha value is -3.28. The maximum Gasteiger partial charge on any atom is 0.278 e. The van der Waals surface area contributed by atoms with E-state index in [1.165, 1.54) is 4.90 Å². The second kappa shape index (κ2) is 8.61. The Bertz CT molecular complexity index is 975. The normalized spacial score (nSPS) is 17.0. The standard InChI is InChI=1S/C24H26N2O4/c1-29-18-12-10-17(11-13-18)16-26-23(27)21(19-8-4-5-9-20(19)30-2)22(24(26)28)25-14-6-3-7-15-25/h4-5,8-13H,3,6-7,14-16H2,1-2H3. The van der Waals surface area contributed by atoms with Gasteiger partial charge >= 0.3 is 0 Å². The predicted octanol–water partition coefficient (Wildman–Crippen LogP) is 3.47. The number of carbonyl (C=O) groups excluding carboxylic acids is 2. The summed E-state index contributed by atoms with van der Waals surface area (Å²) in [6, 6.07) is 14.8. The summed E-state index contributed by atoms with van der Waals surface area (Å²) in [7, 11) is 3.19. The van der Waals surface area contributed by atoms with E-state index >= 15 is 0 Å². The quantitative estimate of drug-likeness (QED) is 0.688. The smallest absolute Gasteiger partial charge is 0.278 e. The highest BCUT2D eigenvalue weighted by molar-refractivity contribution is 6.35. The molecule has 0 N–H and O–H groups in total. The summed E-state index contributed by atoms with van der Waals surface area (Å²) in [5.74, 6) is 0.814. The van der Waals surface area contributed by atoms with E-state index in [0.717, 1.165) is 43.7 Å². The van der Waals surface area contributed by atoms with Gasteiger partial charge in [0.15, 0.2) is 0 Å². The largest absolute Gasteiger partial charge is 0.497 e. The molecule has 2 aliphatic heterocycles. The molecule has 0 bridgehead atoms. The molecule has 0 saturated carbocycles. The van der Waals surface area contributed by atoms with Crippen LogP contribution in [0.5, 0.6) is 11.5 Å². The van der Waals surface area contributed by atoms with Crippen molar-refractivity contribution in [3.63, 3.8) is 0 Å². The number of methoxy groups -OCH3 is 2. The molecule has 6 heteroatoms. The molecule has 1 saturated heterocycles. The van der Waals surface area contributed by atoms with Crippen molar-refractivity contribution in [1.29, 1.82) is 0 Å². The molecular formula is C24H26N2O4. The highest BCUT2D eigenvalue weighted by Gasteiger charge is 2.42. The average molecular weight is 406 g/mol. The number of para-hydroxylation sites is 1. The first-order valence-corrected chi connectivity index (χ1v) is 10.3. The predicted molar refractivity (Wildman–Crippen MR) is 114 cm³/mol. The molecule has 30 heavy (non-hydrogen) atoms. The summed E-state index contributed by atoms with van der Waals surface area (Å²) in [5, 5.41) is 0. The minimum Gasteiger partial charge on any atom is -0.497 e. The zero-order chi connectivity index (χ0) is 21.1. The number of amides is 2. The van der Waals surface area contributed by atoms with Crippen molar-refractivity contribution in [2.75, 3.05) is 27.3 Å². The minimum atomic E-state index is -0.277. The summed E-state index contributed by atoms with van der Waals surface area (Å²) in [4.78, 5) is 30.4. The van der Waals surface area contributed by atoms with Gasteiger partial charge in [-0.05, 0) is 43.0 Å². The summed E-state index contributed by atoms with van der Waals surface area (Å²) >= 11 is 0. The Morgan fingerprint density at radius 3 is 2.20 bits per heavy atom. The maximum atomic E-state index is 13.5. The Morgan fingerprint density at radius 1 is 0.833 bits per heavy atom. The van der Waals surface area contributed by atoms with E-state index in [1.807, 2.05) is 48.5 Å². The summed E-state index contributed by atoms with van der Waals surface area (Å²) in [6.07, 6.45) is 3.18. The van der Waals surface area contributed by atoms with Gasteiger partial charge in [0.25, 0.3) is 11.8 Å². The van der Waals surface area contributed by atoms with Crippen LogP contribution in [0.4, 0.5) is 0 Å². The number of carbonyl (C=O) groups is 2. The number of benzene rings is 2. The lowest BCUT2D eigenvalue weighted by molar-refractivity contribution is -0.138. The van der Waals surface area contributed by atoms with Gasteiger partial charge in [-0.25, -0.2) is 0 Å². The van der Waals surface area contributed by atoms with E-state index < -0.39 is 0 Å². The molecular weight excluding hydrogens is 380 g/mol. The van der Waals surface area contributed by atoms with Gasteiger partial charge in [-0.15, -0.1) is 0 Å². The van der Waals surface area contributed by atoms with Gasteiger partial charge in [0.05, 0.1) is 26.3 Å². The van der Waals surface area contributed by atoms with E-state index in [4.69, 9.17) is 9.47 Å². The molecule has 1 fully saturated rings. The Morgan fingerprint density at radius 2 is 1.53 bits per heavy atom. The van der Waals surface area contributed by atoms with Crippen molar-refractivity contribution in [1.82, 2.24) is 9.80 Å². The van der Waals surface area contributed by atoms with Crippen LogP contribution in [0.3, 0.4) is 0 Å². The van der Waals surface area contributed by atoms with Gasteiger partial charge in [0, 0.05) is 18.7 Å². The Labute approximate surface area is 176 Å². The third kappa shape index (κ3) is 3.65. The molecule has 6 nitrogen and oxygen atoms in total. The lowest BCUT2D eigenvalue weighted by Gasteiger charge is -2.29. The fraction of sp³-hybridized carbons (Fsp3) is 0.333. The number of rotatable bonds is 6. The first-order chi connectivity index (χ1) is 14.6. The molecule has 0 unspecified atom stereocenters. The van der Waals surface area contributed by atoms with E-state index in [0.29, 0.717) is 22.6 Å². The van der Waals surface area contributed by atoms with Crippen molar-refractivity contribution in [2.24, 2.45) is 0 Å².